The number of hydrogen-bond acceptors (Lipinski definition) is 5. The van der Waals surface area contributed by atoms with Crippen molar-refractivity contribution in [2.45, 2.75) is 115 Å². The van der Waals surface area contributed by atoms with E-state index in [2.05, 4.69) is 176 Å². The van der Waals surface area contributed by atoms with Gasteiger partial charge in [-0.2, -0.15) is 15.0 Å². The highest BCUT2D eigenvalue weighted by atomic mass is 16.5. The summed E-state index contributed by atoms with van der Waals surface area (Å²) in [5, 5.41) is 9.97. The van der Waals surface area contributed by atoms with Gasteiger partial charge in [-0.25, -0.2) is 0 Å². The third kappa shape index (κ3) is 6.57. The second-order valence-electron chi connectivity index (χ2n) is 20.7. The van der Waals surface area contributed by atoms with Gasteiger partial charge in [-0.1, -0.05) is 123 Å². The van der Waals surface area contributed by atoms with E-state index in [9.17, 15) is 0 Å². The van der Waals surface area contributed by atoms with Crippen LogP contribution in [0.15, 0.2) is 134 Å². The second kappa shape index (κ2) is 14.0. The van der Waals surface area contributed by atoms with Crippen LogP contribution in [-0.2, 0) is 21.7 Å². The average Bonchev–Trinajstić information content (AvgIpc) is 3.98. The van der Waals surface area contributed by atoms with Crippen LogP contribution in [0, 0.1) is 0 Å². The minimum atomic E-state index is -0.809. The van der Waals surface area contributed by atoms with Crippen molar-refractivity contribution in [1.82, 2.24) is 20.0 Å². The van der Waals surface area contributed by atoms with Crippen molar-refractivity contribution in [3.63, 3.8) is 0 Å². The van der Waals surface area contributed by atoms with Gasteiger partial charge in [-0.3, -0.25) is 4.98 Å². The Morgan fingerprint density at radius 3 is 1.66 bits per heavy atom. The summed E-state index contributed by atoms with van der Waals surface area (Å²) in [6.45, 7) is 20.6. The molecule has 0 unspecified atom stereocenters. The molecule has 1 saturated carbocycles. The van der Waals surface area contributed by atoms with Crippen molar-refractivity contribution in [2.24, 2.45) is 0 Å². The summed E-state index contributed by atoms with van der Waals surface area (Å²) >= 11 is 0. The van der Waals surface area contributed by atoms with E-state index in [-0.39, 0.29) is 16.2 Å². The first-order valence-corrected chi connectivity index (χ1v) is 22.1. The Hall–Kier alpha value is -6.01. The number of hydrogen-bond donors (Lipinski definition) is 0. The Morgan fingerprint density at radius 2 is 1.10 bits per heavy atom. The maximum absolute atomic E-state index is 6.85. The summed E-state index contributed by atoms with van der Waals surface area (Å²) in [6.07, 6.45) is 5.59. The number of aromatic nitrogens is 4. The summed E-state index contributed by atoms with van der Waals surface area (Å²) in [5.41, 5.74) is 13.9. The first-order valence-electron chi connectivity index (χ1n) is 22.1. The smallest absolute Gasteiger partial charge is 0.129 e. The molecule has 61 heavy (non-hydrogen) atoms. The lowest BCUT2D eigenvalue weighted by atomic mass is 9.62. The van der Waals surface area contributed by atoms with Gasteiger partial charge in [0.2, 0.25) is 0 Å². The zero-order valence-electron chi connectivity index (χ0n) is 37.1. The number of fused-ring (bicyclic) bond motifs is 7. The largest absolute Gasteiger partial charge is 0.457 e. The van der Waals surface area contributed by atoms with Crippen molar-refractivity contribution in [3.05, 3.63) is 184 Å². The van der Waals surface area contributed by atoms with Gasteiger partial charge in [0.1, 0.15) is 11.5 Å². The Bertz CT molecular complexity index is 2690. The van der Waals surface area contributed by atoms with Gasteiger partial charge in [-0.15, -0.1) is 0 Å². The van der Waals surface area contributed by atoms with Gasteiger partial charge >= 0.3 is 0 Å². The van der Waals surface area contributed by atoms with Crippen LogP contribution in [0.2, 0.25) is 0 Å². The van der Waals surface area contributed by atoms with E-state index in [1.807, 2.05) is 29.2 Å². The molecule has 0 saturated heterocycles. The molecule has 5 aromatic carbocycles. The highest BCUT2D eigenvalue weighted by molar-refractivity contribution is 5.89. The first-order chi connectivity index (χ1) is 29.1. The molecule has 2 aromatic heterocycles. The Balaban J connectivity index is 1.18. The molecule has 0 spiro atoms. The number of ether oxygens (including phenoxy) is 1. The lowest BCUT2D eigenvalue weighted by Gasteiger charge is -2.47. The molecule has 2 aliphatic carbocycles. The molecule has 7 aromatic rings. The van der Waals surface area contributed by atoms with E-state index in [0.29, 0.717) is 11.8 Å². The van der Waals surface area contributed by atoms with Gasteiger partial charge in [0, 0.05) is 29.8 Å². The number of anilines is 3. The highest BCUT2D eigenvalue weighted by Gasteiger charge is 2.49. The summed E-state index contributed by atoms with van der Waals surface area (Å²) in [5.74, 6) is 2.59. The van der Waals surface area contributed by atoms with Crippen molar-refractivity contribution < 1.29 is 4.74 Å². The quantitative estimate of drug-likeness (QED) is 0.168. The van der Waals surface area contributed by atoms with E-state index in [4.69, 9.17) is 19.9 Å². The summed E-state index contributed by atoms with van der Waals surface area (Å²) in [4.78, 5) is 9.57. The number of nitrogens with zero attached hydrogens (tertiary/aromatic N) is 5. The highest BCUT2D eigenvalue weighted by Crippen LogP contribution is 2.59. The second-order valence-corrected chi connectivity index (χ2v) is 20.7. The van der Waals surface area contributed by atoms with E-state index >= 15 is 0 Å². The summed E-state index contributed by atoms with van der Waals surface area (Å²) in [6, 6.07) is 46.5. The van der Waals surface area contributed by atoms with Crippen molar-refractivity contribution in [1.29, 1.82) is 0 Å². The maximum atomic E-state index is 6.85. The van der Waals surface area contributed by atoms with Crippen LogP contribution >= 0.6 is 0 Å². The molecular formula is C55H57N5O. The molecule has 6 heteroatoms. The monoisotopic (exact) mass is 803 g/mol. The first kappa shape index (κ1) is 39.1. The van der Waals surface area contributed by atoms with Crippen molar-refractivity contribution in [3.8, 4) is 17.2 Å². The number of benzene rings is 5. The molecule has 1 aliphatic heterocycles. The minimum absolute atomic E-state index is 0.0395. The fraction of sp³-hybridized carbons (Fsp3) is 0.327. The molecule has 6 nitrogen and oxygen atoms in total. The predicted molar refractivity (Wildman–Crippen MR) is 248 cm³/mol. The lowest BCUT2D eigenvalue weighted by molar-refractivity contribution is 0.480. The molecule has 3 aliphatic rings. The van der Waals surface area contributed by atoms with Crippen LogP contribution in [0.25, 0.3) is 5.69 Å². The van der Waals surface area contributed by atoms with Crippen LogP contribution in [-0.4, -0.2) is 20.0 Å². The molecule has 10 rings (SSSR count). The molecule has 2 bridgehead atoms. The zero-order valence-corrected chi connectivity index (χ0v) is 37.1. The van der Waals surface area contributed by atoms with Crippen LogP contribution in [0.3, 0.4) is 0 Å². The Kier molecular flexibility index (Phi) is 9.00. The molecule has 0 amide bonds. The van der Waals surface area contributed by atoms with Gasteiger partial charge in [0.25, 0.3) is 0 Å². The van der Waals surface area contributed by atoms with Crippen LogP contribution < -0.4 is 9.64 Å². The van der Waals surface area contributed by atoms with Crippen LogP contribution in [0.1, 0.15) is 144 Å². The van der Waals surface area contributed by atoms with Gasteiger partial charge in [0.15, 0.2) is 0 Å². The summed E-state index contributed by atoms with van der Waals surface area (Å²) in [7, 11) is 0. The molecule has 308 valence electrons. The van der Waals surface area contributed by atoms with Gasteiger partial charge in [0.05, 0.1) is 39.6 Å². The minimum Gasteiger partial charge on any atom is -0.457 e. The fourth-order valence-electron chi connectivity index (χ4n) is 10.1. The predicted octanol–water partition coefficient (Wildman–Crippen LogP) is 13.9. The topological polar surface area (TPSA) is 56.1 Å². The molecule has 0 N–H and O–H groups in total. The standard InChI is InChI=1S/C55H57N5O/c1-52(2,3)37-21-25-41(26-22-37)59-47-27-23-38(53(4,5)6)32-45(47)55(49-18-10-11-29-56-49,46-33-39(54(7,8)9)24-28-48(46)59)40-14-12-16-43(31-40)61-44-17-13-15-42(34-44)60-57-50-35-19-20-36(30-35)51(50)58-60/h10-18,21-29,31-36H,19-20,30H2,1-9H3/t35-,36+. The molecule has 1 fully saturated rings. The van der Waals surface area contributed by atoms with E-state index < -0.39 is 5.41 Å². The van der Waals surface area contributed by atoms with Crippen LogP contribution in [0.4, 0.5) is 17.1 Å². The van der Waals surface area contributed by atoms with E-state index in [1.54, 1.807) is 0 Å². The van der Waals surface area contributed by atoms with Gasteiger partial charge < -0.3 is 9.64 Å². The number of rotatable bonds is 6. The van der Waals surface area contributed by atoms with Gasteiger partial charge in [-0.05, 0) is 130 Å². The van der Waals surface area contributed by atoms with E-state index in [1.165, 1.54) is 58.5 Å². The number of pyridine rings is 1. The van der Waals surface area contributed by atoms with Crippen LogP contribution in [0.5, 0.6) is 11.5 Å². The zero-order chi connectivity index (χ0) is 42.5. The summed E-state index contributed by atoms with van der Waals surface area (Å²) < 4.78 is 6.85. The molecule has 0 radical (unpaired) electrons. The molecule has 3 heterocycles. The SMILES string of the molecule is CC(C)(C)c1ccc(N2c3ccc(C(C)(C)C)cc3C(c3cccc(Oc4cccc(-n5nc6c(n5)[C@H]5CC[C@@H]6C5)c4)c3)(c3ccccn3)c3cc(C(C)(C)C)ccc32)cc1. The third-order valence-electron chi connectivity index (χ3n) is 13.5. The average molecular weight is 804 g/mol. The normalized spacial score (nSPS) is 17.8. The lowest BCUT2D eigenvalue weighted by Crippen LogP contribution is -2.39. The van der Waals surface area contributed by atoms with Crippen molar-refractivity contribution >= 4 is 17.1 Å². The fourth-order valence-corrected chi connectivity index (χ4v) is 10.1. The Labute approximate surface area is 361 Å². The van der Waals surface area contributed by atoms with Crippen molar-refractivity contribution in [2.75, 3.05) is 4.90 Å². The Morgan fingerprint density at radius 1 is 0.541 bits per heavy atom. The molecule has 2 atom stereocenters. The van der Waals surface area contributed by atoms with E-state index in [0.717, 1.165) is 45.5 Å². The third-order valence-corrected chi connectivity index (χ3v) is 13.5. The maximum Gasteiger partial charge on any atom is 0.129 e. The molecular weight excluding hydrogens is 747 g/mol.